The molecule has 0 N–H and O–H groups in total. The minimum absolute atomic E-state index is 0. The van der Waals surface area contributed by atoms with E-state index in [4.69, 9.17) is 13.5 Å². The molecule has 1 radical (unpaired) electrons. The van der Waals surface area contributed by atoms with Crippen molar-refractivity contribution in [3.05, 3.63) is 125 Å². The number of pyridine rings is 1. The van der Waals surface area contributed by atoms with Gasteiger partial charge >= 0.3 is 0 Å². The van der Waals surface area contributed by atoms with Crippen LogP contribution < -0.4 is 0 Å². The molecule has 0 saturated heterocycles. The van der Waals surface area contributed by atoms with Crippen LogP contribution in [0.2, 0.25) is 0 Å². The molecule has 0 fully saturated rings. The number of aryl methyl sites for hydroxylation is 2. The number of furan rings is 1. The Hall–Kier alpha value is -5.18. The zero-order chi connectivity index (χ0) is 36.7. The molecular weight excluding hydrogens is 806 g/mol. The van der Waals surface area contributed by atoms with Crippen molar-refractivity contribution in [1.29, 1.82) is 0 Å². The first kappa shape index (κ1) is 30.8. The van der Waals surface area contributed by atoms with Crippen molar-refractivity contribution < 1.29 is 33.0 Å². The monoisotopic (exact) mass is 843 g/mol. The number of rotatable bonds is 5. The Morgan fingerprint density at radius 1 is 0.840 bits per heavy atom. The molecule has 8 nitrogen and oxygen atoms in total. The van der Waals surface area contributed by atoms with Gasteiger partial charge in [-0.15, -0.1) is 52.2 Å². The van der Waals surface area contributed by atoms with Crippen molar-refractivity contribution in [2.75, 3.05) is 0 Å². The van der Waals surface area contributed by atoms with Gasteiger partial charge in [0.2, 0.25) is 11.3 Å². The van der Waals surface area contributed by atoms with Crippen LogP contribution in [0, 0.1) is 31.7 Å². The van der Waals surface area contributed by atoms with E-state index in [-0.39, 0.29) is 43.1 Å². The Morgan fingerprint density at radius 2 is 1.60 bits per heavy atom. The van der Waals surface area contributed by atoms with Crippen molar-refractivity contribution in [2.45, 2.75) is 53.3 Å². The van der Waals surface area contributed by atoms with Crippen molar-refractivity contribution in [2.24, 2.45) is 0 Å². The fraction of sp³-hybridized carbons (Fsp3) is 0.200. The van der Waals surface area contributed by atoms with Gasteiger partial charge in [-0.1, -0.05) is 99.6 Å². The van der Waals surface area contributed by atoms with Crippen LogP contribution in [0.25, 0.3) is 61.6 Å². The van der Waals surface area contributed by atoms with Gasteiger partial charge in [-0.25, -0.2) is 0 Å². The summed E-state index contributed by atoms with van der Waals surface area (Å²) in [7, 11) is 0. The minimum atomic E-state index is -2.32. The van der Waals surface area contributed by atoms with Crippen LogP contribution >= 0.6 is 0 Å². The van der Waals surface area contributed by atoms with E-state index in [1.807, 2.05) is 43.3 Å². The molecule has 0 spiro atoms. The van der Waals surface area contributed by atoms with Crippen LogP contribution in [0.4, 0.5) is 4.39 Å². The first-order valence-corrected chi connectivity index (χ1v) is 16.0. The predicted octanol–water partition coefficient (Wildman–Crippen LogP) is 9.52. The van der Waals surface area contributed by atoms with Crippen LogP contribution in [0.5, 0.6) is 0 Å². The quantitative estimate of drug-likeness (QED) is 0.159. The molecule has 8 aromatic rings. The maximum Gasteiger partial charge on any atom is 0.214 e. The van der Waals surface area contributed by atoms with E-state index in [1.54, 1.807) is 12.3 Å². The molecule has 8 rings (SSSR count). The normalized spacial score (nSPS) is 12.4. The number of aromatic nitrogens is 7. The van der Waals surface area contributed by atoms with Gasteiger partial charge in [0.15, 0.2) is 0 Å². The largest absolute Gasteiger partial charge is 0.501 e. The van der Waals surface area contributed by atoms with Crippen LogP contribution in [0.1, 0.15) is 65.9 Å². The topological polar surface area (TPSA) is 95.4 Å². The van der Waals surface area contributed by atoms with Gasteiger partial charge in [0.1, 0.15) is 5.58 Å². The number of hydrogen-bond donors (Lipinski definition) is 0. The maximum atomic E-state index is 13.8. The molecule has 0 aliphatic heterocycles. The fourth-order valence-corrected chi connectivity index (χ4v) is 5.97. The smallest absolute Gasteiger partial charge is 0.214 e. The zero-order valence-corrected chi connectivity index (χ0v) is 30.4. The summed E-state index contributed by atoms with van der Waals surface area (Å²) in [5.74, 6) is 0.602. The van der Waals surface area contributed by atoms with Gasteiger partial charge < -0.3 is 14.0 Å². The van der Waals surface area contributed by atoms with Crippen molar-refractivity contribution >= 4 is 33.2 Å². The Bertz CT molecular complexity index is 2540. The van der Waals surface area contributed by atoms with E-state index in [9.17, 15) is 4.39 Å². The second-order valence-corrected chi connectivity index (χ2v) is 12.4. The van der Waals surface area contributed by atoms with E-state index < -0.39 is 12.7 Å². The molecule has 0 amide bonds. The molecule has 0 aliphatic carbocycles. The molecular formula is C40H34FIrN7O-2. The van der Waals surface area contributed by atoms with Crippen LogP contribution in [0.15, 0.2) is 89.5 Å². The Labute approximate surface area is 307 Å². The third-order valence-electron chi connectivity index (χ3n) is 8.34. The van der Waals surface area contributed by atoms with Gasteiger partial charge in [0, 0.05) is 47.3 Å². The summed E-state index contributed by atoms with van der Waals surface area (Å²) < 4.78 is 43.8. The molecule has 4 aromatic carbocycles. The van der Waals surface area contributed by atoms with Crippen molar-refractivity contribution in [1.82, 2.24) is 35.2 Å². The van der Waals surface area contributed by atoms with Gasteiger partial charge in [-0.3, -0.25) is 9.37 Å². The van der Waals surface area contributed by atoms with Gasteiger partial charge in [-0.2, -0.15) is 0 Å². The summed E-state index contributed by atoms with van der Waals surface area (Å²) in [6.45, 7) is 8.34. The summed E-state index contributed by atoms with van der Waals surface area (Å²) in [5.41, 5.74) is 8.27. The van der Waals surface area contributed by atoms with Gasteiger partial charge in [0.05, 0.1) is 11.4 Å². The van der Waals surface area contributed by atoms with Crippen LogP contribution in [-0.4, -0.2) is 35.2 Å². The van der Waals surface area contributed by atoms with Crippen molar-refractivity contribution in [3.63, 3.8) is 0 Å². The predicted molar refractivity (Wildman–Crippen MR) is 190 cm³/mol. The number of para-hydroxylation sites is 2. The molecule has 0 saturated carbocycles. The standard InChI is InChI=1S/C27H23N6O.C13H11FN.Ir/c1-15(2)17-10-7-11-18(16(3)4)23(17)33-26(28-25-27(33)30-32-31-29-25)21-13-8-12-20-19-9-5-6-14-22(19)34-24(20)21;1-9-3-5-11(12(14)7-9)13-6-4-10(2)8-15-13;/h5-12,14-16H,1-4H3;3-4,6-8H,1-2H3;/q2*-1;/i;1D3;. The first-order chi connectivity index (χ1) is 24.9. The average Bonchev–Trinajstić information content (AvgIpc) is 3.70. The number of fused-ring (bicyclic) bond motifs is 4. The first-order valence-electron chi connectivity index (χ1n) is 17.5. The summed E-state index contributed by atoms with van der Waals surface area (Å²) in [6, 6.07) is 30.2. The molecule has 0 unspecified atom stereocenters. The molecule has 0 aliphatic rings. The van der Waals surface area contributed by atoms with E-state index >= 15 is 0 Å². The third-order valence-corrected chi connectivity index (χ3v) is 8.34. The Kier molecular flexibility index (Phi) is 8.85. The van der Waals surface area contributed by atoms with Gasteiger partial charge in [0.25, 0.3) is 0 Å². The second-order valence-electron chi connectivity index (χ2n) is 12.4. The van der Waals surface area contributed by atoms with Crippen LogP contribution in [-0.2, 0) is 20.1 Å². The molecule has 4 aromatic heterocycles. The summed E-state index contributed by atoms with van der Waals surface area (Å²) in [4.78, 5) is 8.97. The molecule has 0 bridgehead atoms. The number of benzene rings is 4. The average molecular weight is 843 g/mol. The zero-order valence-electron chi connectivity index (χ0n) is 31.0. The number of hydrogen-bond acceptors (Lipinski definition) is 7. The van der Waals surface area contributed by atoms with Gasteiger partial charge in [-0.05, 0) is 57.6 Å². The SMILES string of the molecule is CC(C)c1cccc(C(C)C)c1-n1c(-c2[c-]ccc3c2oc2ccccc23)nc2nnnnc21.[2H]C([2H])([2H])c1c[c-]c(-c2ccc(C)cn2)c(F)c1.[Ir]. The Morgan fingerprint density at radius 3 is 2.30 bits per heavy atom. The number of halogens is 1. The van der Waals surface area contributed by atoms with E-state index in [0.29, 0.717) is 22.8 Å². The third kappa shape index (κ3) is 6.44. The molecule has 50 heavy (non-hydrogen) atoms. The molecule has 253 valence electrons. The second kappa shape index (κ2) is 14.4. The van der Waals surface area contributed by atoms with E-state index in [1.165, 1.54) is 17.2 Å². The Balaban J connectivity index is 0.000000215. The number of nitrogens with zero attached hydrogens (tertiary/aromatic N) is 7. The summed E-state index contributed by atoms with van der Waals surface area (Å²) in [5, 5.41) is 18.2. The fourth-order valence-electron chi connectivity index (χ4n) is 5.97. The molecule has 4 heterocycles. The van der Waals surface area contributed by atoms with E-state index in [2.05, 4.69) is 94.3 Å². The number of imidazole rings is 1. The minimum Gasteiger partial charge on any atom is -0.501 e. The summed E-state index contributed by atoms with van der Waals surface area (Å²) >= 11 is 0. The summed E-state index contributed by atoms with van der Waals surface area (Å²) in [6.07, 6.45) is 1.63. The van der Waals surface area contributed by atoms with E-state index in [0.717, 1.165) is 44.8 Å². The maximum absolute atomic E-state index is 13.8. The van der Waals surface area contributed by atoms with Crippen molar-refractivity contribution in [3.8, 4) is 28.3 Å². The molecule has 0 atom stereocenters. The molecule has 10 heteroatoms. The van der Waals surface area contributed by atoms with Crippen LogP contribution in [0.3, 0.4) is 0 Å².